The van der Waals surface area contributed by atoms with Crippen LogP contribution in [0.5, 0.6) is 0 Å². The molecule has 0 aliphatic rings. The summed E-state index contributed by atoms with van der Waals surface area (Å²) < 4.78 is 1.79. The highest BCUT2D eigenvalue weighted by Crippen LogP contribution is 2.27. The molecule has 0 atom stereocenters. The van der Waals surface area contributed by atoms with Crippen molar-refractivity contribution in [2.24, 2.45) is 7.05 Å². The number of thiazole rings is 1. The highest BCUT2D eigenvalue weighted by atomic mass is 32.2. The van der Waals surface area contributed by atoms with Gasteiger partial charge in [-0.3, -0.25) is 4.79 Å². The summed E-state index contributed by atoms with van der Waals surface area (Å²) in [6.07, 6.45) is 0. The van der Waals surface area contributed by atoms with Crippen molar-refractivity contribution in [3.63, 3.8) is 0 Å². The van der Waals surface area contributed by atoms with Crippen molar-refractivity contribution in [3.05, 3.63) is 11.2 Å². The van der Waals surface area contributed by atoms with Gasteiger partial charge in [-0.1, -0.05) is 11.8 Å². The average Bonchev–Trinajstić information content (AvgIpc) is 2.82. The molecule has 6 nitrogen and oxygen atoms in total. The zero-order chi connectivity index (χ0) is 12.4. The van der Waals surface area contributed by atoms with Gasteiger partial charge in [0.15, 0.2) is 11.0 Å². The lowest BCUT2D eigenvalue weighted by Gasteiger charge is -2.01. The average molecular weight is 270 g/mol. The van der Waals surface area contributed by atoms with Gasteiger partial charge in [-0.05, 0) is 6.92 Å². The SMILES string of the molecule is Cc1ncsc1-c1nnc(SCC(=O)O)n1C. The van der Waals surface area contributed by atoms with E-state index in [0.717, 1.165) is 28.2 Å². The van der Waals surface area contributed by atoms with Crippen LogP contribution in [0.1, 0.15) is 5.69 Å². The fourth-order valence-corrected chi connectivity index (χ4v) is 2.74. The van der Waals surface area contributed by atoms with Crippen LogP contribution in [0.4, 0.5) is 0 Å². The second kappa shape index (κ2) is 4.84. The summed E-state index contributed by atoms with van der Waals surface area (Å²) in [5.74, 6) is -0.167. The molecule has 90 valence electrons. The highest BCUT2D eigenvalue weighted by Gasteiger charge is 2.15. The molecule has 2 aromatic heterocycles. The van der Waals surface area contributed by atoms with Crippen molar-refractivity contribution in [2.45, 2.75) is 12.1 Å². The fourth-order valence-electron chi connectivity index (χ4n) is 1.28. The lowest BCUT2D eigenvalue weighted by molar-refractivity contribution is -0.133. The first-order valence-corrected chi connectivity index (χ1v) is 6.60. The monoisotopic (exact) mass is 270 g/mol. The molecule has 0 amide bonds. The summed E-state index contributed by atoms with van der Waals surface area (Å²) in [6.45, 7) is 1.91. The van der Waals surface area contributed by atoms with E-state index >= 15 is 0 Å². The van der Waals surface area contributed by atoms with E-state index in [1.165, 1.54) is 11.3 Å². The second-order valence-electron chi connectivity index (χ2n) is 3.31. The standard InChI is InChI=1S/C9H10N4O2S2/c1-5-7(17-4-10-5)8-11-12-9(13(8)2)16-3-6(14)15/h4H,3H2,1-2H3,(H,14,15). The van der Waals surface area contributed by atoms with E-state index in [1.54, 1.807) is 10.1 Å². The largest absolute Gasteiger partial charge is 0.481 e. The van der Waals surface area contributed by atoms with Crippen LogP contribution in [-0.2, 0) is 11.8 Å². The highest BCUT2D eigenvalue weighted by molar-refractivity contribution is 7.99. The normalized spacial score (nSPS) is 10.7. The Hall–Kier alpha value is -1.41. The van der Waals surface area contributed by atoms with E-state index < -0.39 is 5.97 Å². The summed E-state index contributed by atoms with van der Waals surface area (Å²) in [4.78, 5) is 15.6. The third kappa shape index (κ3) is 2.47. The third-order valence-electron chi connectivity index (χ3n) is 2.11. The Labute approximate surface area is 106 Å². The van der Waals surface area contributed by atoms with Gasteiger partial charge in [0, 0.05) is 7.05 Å². The van der Waals surface area contributed by atoms with E-state index in [-0.39, 0.29) is 5.75 Å². The lowest BCUT2D eigenvalue weighted by Crippen LogP contribution is -2.00. The number of carboxylic acid groups (broad SMARTS) is 1. The second-order valence-corrected chi connectivity index (χ2v) is 5.11. The molecular weight excluding hydrogens is 260 g/mol. The Morgan fingerprint density at radius 1 is 1.59 bits per heavy atom. The number of nitrogens with zero attached hydrogens (tertiary/aromatic N) is 4. The summed E-state index contributed by atoms with van der Waals surface area (Å²) in [5.41, 5.74) is 2.66. The summed E-state index contributed by atoms with van der Waals surface area (Å²) >= 11 is 2.65. The minimum atomic E-state index is -0.867. The van der Waals surface area contributed by atoms with Gasteiger partial charge in [0.25, 0.3) is 0 Å². The number of aliphatic carboxylic acids is 1. The Balaban J connectivity index is 2.27. The van der Waals surface area contributed by atoms with Crippen LogP contribution in [0.15, 0.2) is 10.7 Å². The van der Waals surface area contributed by atoms with Crippen LogP contribution in [0, 0.1) is 6.92 Å². The van der Waals surface area contributed by atoms with Crippen molar-refractivity contribution < 1.29 is 9.90 Å². The van der Waals surface area contributed by atoms with Crippen molar-refractivity contribution in [3.8, 4) is 10.7 Å². The summed E-state index contributed by atoms with van der Waals surface area (Å²) in [5, 5.41) is 17.2. The molecule has 2 aromatic rings. The maximum Gasteiger partial charge on any atom is 0.313 e. The van der Waals surface area contributed by atoms with Crippen LogP contribution >= 0.6 is 23.1 Å². The predicted molar refractivity (Wildman–Crippen MR) is 65.2 cm³/mol. The topological polar surface area (TPSA) is 80.9 Å². The Bertz CT molecular complexity index is 549. The summed E-state index contributed by atoms with van der Waals surface area (Å²) in [6, 6.07) is 0. The predicted octanol–water partition coefficient (Wildman–Crippen LogP) is 1.42. The van der Waals surface area contributed by atoms with E-state index in [4.69, 9.17) is 5.11 Å². The van der Waals surface area contributed by atoms with E-state index in [9.17, 15) is 4.79 Å². The Kier molecular flexibility index (Phi) is 3.43. The van der Waals surface area contributed by atoms with Gasteiger partial charge < -0.3 is 9.67 Å². The first-order valence-electron chi connectivity index (χ1n) is 4.74. The van der Waals surface area contributed by atoms with Gasteiger partial charge in [-0.25, -0.2) is 4.98 Å². The molecule has 8 heteroatoms. The zero-order valence-corrected chi connectivity index (χ0v) is 10.9. The number of carbonyl (C=O) groups is 1. The van der Waals surface area contributed by atoms with Crippen LogP contribution in [0.2, 0.25) is 0 Å². The number of aryl methyl sites for hydroxylation is 1. The molecule has 0 fully saturated rings. The van der Waals surface area contributed by atoms with Crippen molar-refractivity contribution in [1.82, 2.24) is 19.7 Å². The van der Waals surface area contributed by atoms with Gasteiger partial charge in [-0.15, -0.1) is 21.5 Å². The number of hydrogen-bond acceptors (Lipinski definition) is 6. The van der Waals surface area contributed by atoms with Gasteiger partial charge in [0.1, 0.15) is 0 Å². The number of carboxylic acids is 1. The van der Waals surface area contributed by atoms with Gasteiger partial charge in [-0.2, -0.15) is 0 Å². The number of thioether (sulfide) groups is 1. The third-order valence-corrected chi connectivity index (χ3v) is 4.04. The molecule has 0 aliphatic carbocycles. The van der Waals surface area contributed by atoms with Gasteiger partial charge in [0.05, 0.1) is 21.8 Å². The minimum Gasteiger partial charge on any atom is -0.481 e. The van der Waals surface area contributed by atoms with Gasteiger partial charge >= 0.3 is 5.97 Å². The lowest BCUT2D eigenvalue weighted by atomic mass is 10.4. The maximum absolute atomic E-state index is 10.5. The number of rotatable bonds is 4. The molecule has 0 aromatic carbocycles. The van der Waals surface area contributed by atoms with E-state index in [2.05, 4.69) is 15.2 Å². The molecule has 0 unspecified atom stereocenters. The van der Waals surface area contributed by atoms with Crippen LogP contribution in [-0.4, -0.2) is 36.6 Å². The number of aromatic nitrogens is 4. The number of hydrogen-bond donors (Lipinski definition) is 1. The van der Waals surface area contributed by atoms with E-state index in [1.807, 2.05) is 14.0 Å². The van der Waals surface area contributed by atoms with Crippen molar-refractivity contribution >= 4 is 29.1 Å². The smallest absolute Gasteiger partial charge is 0.313 e. The van der Waals surface area contributed by atoms with E-state index in [0.29, 0.717) is 5.16 Å². The molecule has 0 saturated heterocycles. The Morgan fingerprint density at radius 2 is 2.35 bits per heavy atom. The molecule has 0 radical (unpaired) electrons. The molecule has 0 saturated carbocycles. The van der Waals surface area contributed by atoms with Crippen molar-refractivity contribution in [1.29, 1.82) is 0 Å². The van der Waals surface area contributed by atoms with Crippen molar-refractivity contribution in [2.75, 3.05) is 5.75 Å². The quantitative estimate of drug-likeness (QED) is 0.846. The molecule has 2 rings (SSSR count). The molecule has 0 aliphatic heterocycles. The van der Waals surface area contributed by atoms with Gasteiger partial charge in [0.2, 0.25) is 0 Å². The molecule has 1 N–H and O–H groups in total. The Morgan fingerprint density at radius 3 is 2.94 bits per heavy atom. The molecule has 17 heavy (non-hydrogen) atoms. The molecule has 2 heterocycles. The first-order chi connectivity index (χ1) is 8.09. The zero-order valence-electron chi connectivity index (χ0n) is 9.25. The van der Waals surface area contributed by atoms with Crippen LogP contribution < -0.4 is 0 Å². The minimum absolute atomic E-state index is 0.0202. The molecular formula is C9H10N4O2S2. The first kappa shape index (κ1) is 12.1. The molecule has 0 bridgehead atoms. The maximum atomic E-state index is 10.5. The van der Waals surface area contributed by atoms with Crippen LogP contribution in [0.25, 0.3) is 10.7 Å². The van der Waals surface area contributed by atoms with Crippen LogP contribution in [0.3, 0.4) is 0 Å². The molecule has 0 spiro atoms. The fraction of sp³-hybridized carbons (Fsp3) is 0.333. The summed E-state index contributed by atoms with van der Waals surface area (Å²) in [7, 11) is 1.82.